The maximum Gasteiger partial charge on any atom is 0.170 e. The fourth-order valence-corrected chi connectivity index (χ4v) is 0.319. The van der Waals surface area contributed by atoms with Gasteiger partial charge in [0, 0.05) is 0 Å². The van der Waals surface area contributed by atoms with Gasteiger partial charge < -0.3 is 10.2 Å². The van der Waals surface area contributed by atoms with Crippen LogP contribution >= 0.6 is 0 Å². The highest BCUT2D eigenvalue weighted by Crippen LogP contribution is 2.22. The van der Waals surface area contributed by atoms with Gasteiger partial charge in [-0.2, -0.15) is 5.26 Å². The Morgan fingerprint density at radius 1 is 1.67 bits per heavy atom. The maximum atomic E-state index is 8.60. The Labute approximate surface area is 54.5 Å². The molecule has 9 heavy (non-hydrogen) atoms. The molecule has 0 fully saturated rings. The highest BCUT2D eigenvalue weighted by molar-refractivity contribution is 4.95. The third-order valence-corrected chi connectivity index (χ3v) is 1.56. The van der Waals surface area contributed by atoms with Gasteiger partial charge in [-0.15, -0.1) is 0 Å². The molecule has 3 nitrogen and oxygen atoms in total. The molecule has 0 amide bonds. The van der Waals surface area contributed by atoms with Crippen LogP contribution in [0.3, 0.4) is 0 Å². The third kappa shape index (κ3) is 1.67. The summed E-state index contributed by atoms with van der Waals surface area (Å²) in [5.74, 6) is 0. The van der Waals surface area contributed by atoms with E-state index in [9.17, 15) is 0 Å². The summed E-state index contributed by atoms with van der Waals surface area (Å²) < 4.78 is 0. The molecule has 0 aromatic heterocycles. The Kier molecular flexibility index (Phi) is 2.63. The number of nitrogens with zero attached hydrogens (tertiary/aromatic N) is 1. The van der Waals surface area contributed by atoms with Crippen LogP contribution in [-0.2, 0) is 0 Å². The normalized spacial score (nSPS) is 16.9. The van der Waals surface area contributed by atoms with Crippen molar-refractivity contribution in [1.29, 1.82) is 5.26 Å². The minimum Gasteiger partial charge on any atom is -0.367 e. The van der Waals surface area contributed by atoms with Crippen LogP contribution in [0.1, 0.15) is 20.3 Å². The molecular formula is C6H11NO2. The van der Waals surface area contributed by atoms with Crippen molar-refractivity contribution in [2.75, 3.05) is 0 Å². The molecule has 0 radical (unpaired) electrons. The first kappa shape index (κ1) is 8.41. The smallest absolute Gasteiger partial charge is 0.170 e. The van der Waals surface area contributed by atoms with E-state index in [4.69, 9.17) is 15.5 Å². The Hall–Kier alpha value is -0.590. The SMILES string of the molecule is CCC(C)(C#N)C(O)O. The summed E-state index contributed by atoms with van der Waals surface area (Å²) in [7, 11) is 0. The summed E-state index contributed by atoms with van der Waals surface area (Å²) >= 11 is 0. The Bertz CT molecular complexity index is 128. The van der Waals surface area contributed by atoms with Crippen molar-refractivity contribution < 1.29 is 10.2 Å². The van der Waals surface area contributed by atoms with Crippen molar-refractivity contribution in [3.63, 3.8) is 0 Å². The molecule has 0 aromatic carbocycles. The molecule has 0 aliphatic rings. The quantitative estimate of drug-likeness (QED) is 0.525. The molecule has 2 N–H and O–H groups in total. The highest BCUT2D eigenvalue weighted by atomic mass is 16.5. The fourth-order valence-electron chi connectivity index (χ4n) is 0.319. The Balaban J connectivity index is 4.14. The minimum atomic E-state index is -1.53. The molecule has 52 valence electrons. The number of nitriles is 1. The second-order valence-corrected chi connectivity index (χ2v) is 2.26. The van der Waals surface area contributed by atoms with Crippen molar-refractivity contribution in [3.8, 4) is 6.07 Å². The van der Waals surface area contributed by atoms with Crippen molar-refractivity contribution in [2.45, 2.75) is 26.6 Å². The van der Waals surface area contributed by atoms with E-state index in [1.54, 1.807) is 6.92 Å². The molecule has 0 aliphatic carbocycles. The van der Waals surface area contributed by atoms with E-state index in [-0.39, 0.29) is 0 Å². The molecule has 1 atom stereocenters. The monoisotopic (exact) mass is 129 g/mol. The van der Waals surface area contributed by atoms with Crippen LogP contribution in [0.15, 0.2) is 0 Å². The second kappa shape index (κ2) is 2.81. The van der Waals surface area contributed by atoms with Crippen molar-refractivity contribution in [3.05, 3.63) is 0 Å². The largest absolute Gasteiger partial charge is 0.367 e. The third-order valence-electron chi connectivity index (χ3n) is 1.56. The van der Waals surface area contributed by atoms with Crippen LogP contribution in [0, 0.1) is 16.7 Å². The molecular weight excluding hydrogens is 118 g/mol. The summed E-state index contributed by atoms with van der Waals surface area (Å²) in [6, 6.07) is 1.83. The van der Waals surface area contributed by atoms with Crippen molar-refractivity contribution >= 4 is 0 Å². The first-order valence-electron chi connectivity index (χ1n) is 2.84. The zero-order valence-corrected chi connectivity index (χ0v) is 5.63. The highest BCUT2D eigenvalue weighted by Gasteiger charge is 2.29. The Morgan fingerprint density at radius 3 is 2.11 bits per heavy atom. The average molecular weight is 129 g/mol. The van der Waals surface area contributed by atoms with Crippen molar-refractivity contribution in [2.24, 2.45) is 5.41 Å². The lowest BCUT2D eigenvalue weighted by Gasteiger charge is -2.20. The lowest BCUT2D eigenvalue weighted by molar-refractivity contribution is -0.107. The van der Waals surface area contributed by atoms with Gasteiger partial charge in [0.15, 0.2) is 6.29 Å². The topological polar surface area (TPSA) is 64.2 Å². The van der Waals surface area contributed by atoms with E-state index >= 15 is 0 Å². The number of aliphatic hydroxyl groups excluding tert-OH is 1. The molecule has 1 unspecified atom stereocenters. The van der Waals surface area contributed by atoms with Crippen LogP contribution in [0.2, 0.25) is 0 Å². The van der Waals surface area contributed by atoms with Gasteiger partial charge >= 0.3 is 0 Å². The van der Waals surface area contributed by atoms with E-state index in [1.165, 1.54) is 6.92 Å². The van der Waals surface area contributed by atoms with Crippen LogP contribution in [-0.4, -0.2) is 16.5 Å². The second-order valence-electron chi connectivity index (χ2n) is 2.26. The predicted molar refractivity (Wildman–Crippen MR) is 32.2 cm³/mol. The first-order chi connectivity index (χ1) is 4.06. The van der Waals surface area contributed by atoms with E-state index in [1.807, 2.05) is 6.07 Å². The van der Waals surface area contributed by atoms with Gasteiger partial charge in [0.05, 0.1) is 6.07 Å². The molecule has 0 bridgehead atoms. The Morgan fingerprint density at radius 2 is 2.11 bits per heavy atom. The first-order valence-corrected chi connectivity index (χ1v) is 2.84. The molecule has 0 spiro atoms. The van der Waals surface area contributed by atoms with E-state index < -0.39 is 11.7 Å². The summed E-state index contributed by atoms with van der Waals surface area (Å²) in [5.41, 5.74) is -1.00. The van der Waals surface area contributed by atoms with Gasteiger partial charge in [-0.3, -0.25) is 0 Å². The average Bonchev–Trinajstić information content (AvgIpc) is 1.86. The molecule has 0 rings (SSSR count). The molecule has 3 heteroatoms. The lowest BCUT2D eigenvalue weighted by Crippen LogP contribution is -2.29. The molecule has 0 heterocycles. The van der Waals surface area contributed by atoms with Crippen LogP contribution in [0.25, 0.3) is 0 Å². The number of hydrogen-bond donors (Lipinski definition) is 2. The van der Waals surface area contributed by atoms with Gasteiger partial charge in [0.2, 0.25) is 0 Å². The minimum absolute atomic E-state index is 0.446. The van der Waals surface area contributed by atoms with Crippen LogP contribution in [0.5, 0.6) is 0 Å². The van der Waals surface area contributed by atoms with Crippen molar-refractivity contribution in [1.82, 2.24) is 0 Å². The predicted octanol–water partition coefficient (Wildman–Crippen LogP) is 0.237. The number of aliphatic hydroxyl groups is 2. The summed E-state index contributed by atoms with van der Waals surface area (Å²) in [4.78, 5) is 0. The van der Waals surface area contributed by atoms with E-state index in [2.05, 4.69) is 0 Å². The molecule has 0 saturated carbocycles. The lowest BCUT2D eigenvalue weighted by atomic mass is 9.89. The zero-order chi connectivity index (χ0) is 7.49. The van der Waals surface area contributed by atoms with Gasteiger partial charge in [-0.25, -0.2) is 0 Å². The van der Waals surface area contributed by atoms with Gasteiger partial charge in [0.25, 0.3) is 0 Å². The van der Waals surface area contributed by atoms with Gasteiger partial charge in [0.1, 0.15) is 5.41 Å². The zero-order valence-electron chi connectivity index (χ0n) is 5.63. The molecule has 0 aromatic rings. The standard InChI is InChI=1S/C6H11NO2/c1-3-6(2,4-7)5(8)9/h5,8-9H,3H2,1-2H3. The number of rotatable bonds is 2. The number of hydrogen-bond acceptors (Lipinski definition) is 3. The fraction of sp³-hybridized carbons (Fsp3) is 0.833. The van der Waals surface area contributed by atoms with Crippen LogP contribution < -0.4 is 0 Å². The van der Waals surface area contributed by atoms with Gasteiger partial charge in [-0.1, -0.05) is 6.92 Å². The summed E-state index contributed by atoms with van der Waals surface area (Å²) in [6.45, 7) is 3.25. The van der Waals surface area contributed by atoms with E-state index in [0.29, 0.717) is 6.42 Å². The molecule has 0 aliphatic heterocycles. The van der Waals surface area contributed by atoms with Gasteiger partial charge in [-0.05, 0) is 13.3 Å². The summed E-state index contributed by atoms with van der Waals surface area (Å²) in [6.07, 6.45) is -1.09. The maximum absolute atomic E-state index is 8.60. The molecule has 0 saturated heterocycles. The summed E-state index contributed by atoms with van der Waals surface area (Å²) in [5, 5.41) is 25.6. The van der Waals surface area contributed by atoms with Crippen LogP contribution in [0.4, 0.5) is 0 Å². The van der Waals surface area contributed by atoms with E-state index in [0.717, 1.165) is 0 Å².